The first-order valence-electron chi connectivity index (χ1n) is 33.9. The van der Waals surface area contributed by atoms with Gasteiger partial charge < -0.3 is 19.1 Å². The standard InChI is InChI=1S/C89H55N5O2S4/c1-3-15-49(16-4-1)85-90-86(92-87(91-85)71-28-14-25-68-62-20-8-10-30-77(62)99-84(68)71)54-33-38-59-58-37-32-53(44-73(58)95-74(59)45-54)57-21-11-27-70-72-43-51(35-42-78(72)100-82(57)70)52-31-39-63-64-40-34-55(47-80(64)97-79(63)46-52)89-93-88(50-17-5-2-6-18-50)94(89)56-36-41-60-65-22-12-23-66(81(65)96-75(60)48-56)69-26-13-24-67-61-19-7-9-29-76(61)98-83(67)69/h1-48,85-86,88-90,93H,(H,91,92). The highest BCUT2D eigenvalue weighted by Crippen LogP contribution is 2.50. The van der Waals surface area contributed by atoms with Crippen LogP contribution < -0.4 is 20.9 Å². The summed E-state index contributed by atoms with van der Waals surface area (Å²) in [6.45, 7) is 0. The maximum atomic E-state index is 7.01. The number of rotatable bonds is 9. The topological polar surface area (TPSA) is 78.0 Å². The Morgan fingerprint density at radius 2 is 0.820 bits per heavy atom. The van der Waals surface area contributed by atoms with Crippen molar-refractivity contribution in [3.8, 4) is 33.4 Å². The average Bonchev–Trinajstić information content (AvgIpc) is 1.21. The Labute approximate surface area is 588 Å². The molecule has 0 aliphatic carbocycles. The van der Waals surface area contributed by atoms with E-state index in [1.807, 2.05) is 45.3 Å². The van der Waals surface area contributed by atoms with Crippen LogP contribution in [-0.4, -0.2) is 5.84 Å². The molecule has 6 aromatic heterocycles. The maximum Gasteiger partial charge on any atom is 0.143 e. The first-order valence-corrected chi connectivity index (χ1v) is 37.2. The van der Waals surface area contributed by atoms with Crippen molar-refractivity contribution in [1.29, 1.82) is 0 Å². The van der Waals surface area contributed by atoms with Crippen molar-refractivity contribution < 1.29 is 8.83 Å². The highest BCUT2D eigenvalue weighted by atomic mass is 32.1. The molecular formula is C89H55N5O2S4. The molecule has 7 nitrogen and oxygen atoms in total. The van der Waals surface area contributed by atoms with Gasteiger partial charge in [-0.05, 0) is 117 Å². The minimum atomic E-state index is -0.257. The predicted molar refractivity (Wildman–Crippen MR) is 424 cm³/mol. The zero-order valence-corrected chi connectivity index (χ0v) is 56.6. The monoisotopic (exact) mass is 1350 g/mol. The molecule has 3 N–H and O–H groups in total. The van der Waals surface area contributed by atoms with Crippen LogP contribution in [0.2, 0.25) is 0 Å². The van der Waals surface area contributed by atoms with E-state index in [-0.39, 0.29) is 24.7 Å². The van der Waals surface area contributed by atoms with Gasteiger partial charge in [-0.2, -0.15) is 0 Å². The molecule has 0 radical (unpaired) electrons. The molecule has 4 unspecified atom stereocenters. The molecule has 8 heterocycles. The summed E-state index contributed by atoms with van der Waals surface area (Å²) in [6.07, 6.45) is -0.571. The van der Waals surface area contributed by atoms with E-state index in [1.165, 1.54) is 114 Å². The highest BCUT2D eigenvalue weighted by Gasteiger charge is 2.40. The summed E-state index contributed by atoms with van der Waals surface area (Å²) in [6, 6.07) is 107. The second kappa shape index (κ2) is 22.1. The molecule has 0 amide bonds. The molecule has 22 rings (SSSR count). The van der Waals surface area contributed by atoms with Crippen molar-refractivity contribution in [3.05, 3.63) is 319 Å². The Kier molecular flexibility index (Phi) is 12.6. The number of anilines is 1. The van der Waals surface area contributed by atoms with Crippen LogP contribution in [0.4, 0.5) is 5.69 Å². The van der Waals surface area contributed by atoms with Crippen LogP contribution in [-0.2, 0) is 0 Å². The highest BCUT2D eigenvalue weighted by molar-refractivity contribution is 7.27. The van der Waals surface area contributed by atoms with E-state index in [1.54, 1.807) is 0 Å². The Morgan fingerprint density at radius 3 is 1.60 bits per heavy atom. The second-order valence-corrected chi connectivity index (χ2v) is 30.7. The molecule has 2 aliphatic rings. The SMILES string of the molecule is c1ccc(C2N=C(c3cccc4c3sc3ccccc34)NC(c3ccc4c(c3)oc3cc(-c5cccc6c5sc5ccc(-c7ccc8c(c7)sc7cc(C9NC(c%10ccccc%10)N9c9ccc%10c(c9)oc9c(-c%11cccc%12c%11sc%11ccccc%11%12)cccc9%10)ccc78)cc56)ccc34)N2)cc1. The summed E-state index contributed by atoms with van der Waals surface area (Å²) in [5.41, 5.74) is 17.4. The van der Waals surface area contributed by atoms with Crippen LogP contribution in [0.1, 0.15) is 52.5 Å². The van der Waals surface area contributed by atoms with Crippen LogP contribution in [0.3, 0.4) is 0 Å². The van der Waals surface area contributed by atoms with E-state index in [4.69, 9.17) is 13.8 Å². The number of furan rings is 2. The number of hydrogen-bond acceptors (Lipinski definition) is 11. The van der Waals surface area contributed by atoms with Crippen LogP contribution in [0.15, 0.2) is 305 Å². The van der Waals surface area contributed by atoms with Gasteiger partial charge >= 0.3 is 0 Å². The largest absolute Gasteiger partial charge is 0.456 e. The third-order valence-corrected chi connectivity index (χ3v) is 25.7. The van der Waals surface area contributed by atoms with E-state index in [0.29, 0.717) is 0 Å². The van der Waals surface area contributed by atoms with Crippen molar-refractivity contribution in [2.24, 2.45) is 4.99 Å². The smallest absolute Gasteiger partial charge is 0.143 e. The molecule has 20 aromatic rings. The Bertz CT molecular complexity index is 6830. The summed E-state index contributed by atoms with van der Waals surface area (Å²) in [4.78, 5) is 7.86. The van der Waals surface area contributed by atoms with Gasteiger partial charge in [0.2, 0.25) is 0 Å². The Hall–Kier alpha value is -11.3. The average molecular weight is 1350 g/mol. The molecule has 0 saturated carbocycles. The first kappa shape index (κ1) is 56.7. The van der Waals surface area contributed by atoms with Gasteiger partial charge in [0.1, 0.15) is 52.8 Å². The number of nitrogens with one attached hydrogen (secondary N) is 3. The molecule has 2 aliphatic heterocycles. The molecule has 472 valence electrons. The van der Waals surface area contributed by atoms with Gasteiger partial charge in [0.05, 0.1) is 0 Å². The summed E-state index contributed by atoms with van der Waals surface area (Å²) in [7, 11) is 0. The summed E-state index contributed by atoms with van der Waals surface area (Å²) < 4.78 is 24.0. The molecule has 1 saturated heterocycles. The predicted octanol–water partition coefficient (Wildman–Crippen LogP) is 25.1. The number of fused-ring (bicyclic) bond motifs is 18. The number of nitrogens with zero attached hydrogens (tertiary/aromatic N) is 2. The van der Waals surface area contributed by atoms with Crippen LogP contribution in [0, 0.1) is 0 Å². The second-order valence-electron chi connectivity index (χ2n) is 26.5. The Balaban J connectivity index is 0.559. The lowest BCUT2D eigenvalue weighted by Gasteiger charge is -2.51. The van der Waals surface area contributed by atoms with Crippen molar-refractivity contribution in [2.75, 3.05) is 4.90 Å². The molecule has 0 spiro atoms. The summed E-state index contributed by atoms with van der Waals surface area (Å²) >= 11 is 7.42. The first-order chi connectivity index (χ1) is 49.5. The van der Waals surface area contributed by atoms with Crippen molar-refractivity contribution >= 4 is 181 Å². The lowest BCUT2D eigenvalue weighted by Crippen LogP contribution is -2.57. The van der Waals surface area contributed by atoms with E-state index < -0.39 is 0 Å². The van der Waals surface area contributed by atoms with Crippen LogP contribution >= 0.6 is 45.3 Å². The lowest BCUT2D eigenvalue weighted by atomic mass is 9.98. The number of benzene rings is 14. The quantitative estimate of drug-likeness (QED) is 0.134. The van der Waals surface area contributed by atoms with Gasteiger partial charge in [-0.3, -0.25) is 10.6 Å². The lowest BCUT2D eigenvalue weighted by molar-refractivity contribution is 0.276. The van der Waals surface area contributed by atoms with Gasteiger partial charge in [-0.25, -0.2) is 4.99 Å². The molecular weight excluding hydrogens is 1300 g/mol. The van der Waals surface area contributed by atoms with E-state index >= 15 is 0 Å². The summed E-state index contributed by atoms with van der Waals surface area (Å²) in [5, 5.41) is 26.3. The van der Waals surface area contributed by atoms with Gasteiger partial charge in [0.15, 0.2) is 0 Å². The Morgan fingerprint density at radius 1 is 0.300 bits per heavy atom. The van der Waals surface area contributed by atoms with E-state index in [9.17, 15) is 0 Å². The number of aliphatic imine (C=N–C) groups is 1. The zero-order chi connectivity index (χ0) is 65.3. The minimum absolute atomic E-state index is 0.0216. The molecule has 1 fully saturated rings. The van der Waals surface area contributed by atoms with Crippen molar-refractivity contribution in [1.82, 2.24) is 16.0 Å². The van der Waals surface area contributed by atoms with Crippen molar-refractivity contribution in [2.45, 2.75) is 24.7 Å². The van der Waals surface area contributed by atoms with Gasteiger partial charge in [-0.15, -0.1) is 45.3 Å². The van der Waals surface area contributed by atoms with Gasteiger partial charge in [0.25, 0.3) is 0 Å². The van der Waals surface area contributed by atoms with E-state index in [2.05, 4.69) is 312 Å². The van der Waals surface area contributed by atoms with Crippen LogP contribution in [0.25, 0.3) is 158 Å². The minimum Gasteiger partial charge on any atom is -0.456 e. The van der Waals surface area contributed by atoms with E-state index in [0.717, 1.165) is 83.2 Å². The van der Waals surface area contributed by atoms with Gasteiger partial charge in [0, 0.05) is 131 Å². The molecule has 11 heteroatoms. The molecule has 4 atom stereocenters. The zero-order valence-electron chi connectivity index (χ0n) is 53.4. The molecule has 14 aromatic carbocycles. The fourth-order valence-electron chi connectivity index (χ4n) is 16.0. The fourth-order valence-corrected chi connectivity index (χ4v) is 20.9. The van der Waals surface area contributed by atoms with Crippen LogP contribution in [0.5, 0.6) is 0 Å². The summed E-state index contributed by atoms with van der Waals surface area (Å²) in [5.74, 6) is 0.870. The number of para-hydroxylation sites is 1. The fraction of sp³-hybridized carbons (Fsp3) is 0.0449. The normalized spacial score (nSPS) is 16.6. The third-order valence-electron chi connectivity index (χ3n) is 20.9. The number of thiophene rings is 4. The molecule has 100 heavy (non-hydrogen) atoms. The number of hydrogen-bond donors (Lipinski definition) is 3. The van der Waals surface area contributed by atoms with Crippen molar-refractivity contribution in [3.63, 3.8) is 0 Å². The number of amidine groups is 1. The third kappa shape index (κ3) is 8.83. The maximum absolute atomic E-state index is 7.01. The van der Waals surface area contributed by atoms with Gasteiger partial charge in [-0.1, -0.05) is 212 Å². The molecule has 0 bridgehead atoms.